The van der Waals surface area contributed by atoms with Gasteiger partial charge in [0.2, 0.25) is 0 Å². The molecule has 0 radical (unpaired) electrons. The number of ether oxygens (including phenoxy) is 2. The van der Waals surface area contributed by atoms with Gasteiger partial charge in [-0.05, 0) is 19.1 Å². The van der Waals surface area contributed by atoms with Crippen LogP contribution in [0, 0.1) is 12.7 Å². The molecule has 25 heavy (non-hydrogen) atoms. The normalized spacial score (nSPS) is 17.4. The summed E-state index contributed by atoms with van der Waals surface area (Å²) in [5.74, 6) is -0.276. The average molecular weight is 347 g/mol. The van der Waals surface area contributed by atoms with Crippen molar-refractivity contribution in [1.29, 1.82) is 0 Å². The van der Waals surface area contributed by atoms with E-state index in [0.29, 0.717) is 24.7 Å². The highest BCUT2D eigenvalue weighted by atomic mass is 19.1. The number of benzene rings is 1. The Kier molecular flexibility index (Phi) is 5.08. The summed E-state index contributed by atoms with van der Waals surface area (Å²) in [4.78, 5) is 32.3. The van der Waals surface area contributed by atoms with Gasteiger partial charge in [0.05, 0.1) is 18.8 Å². The zero-order valence-corrected chi connectivity index (χ0v) is 13.7. The molecule has 1 aliphatic heterocycles. The van der Waals surface area contributed by atoms with E-state index in [-0.39, 0.29) is 30.4 Å². The summed E-state index contributed by atoms with van der Waals surface area (Å²) in [6, 6.07) is 7.28. The minimum atomic E-state index is -0.515. The van der Waals surface area contributed by atoms with E-state index in [1.165, 1.54) is 18.2 Å². The van der Waals surface area contributed by atoms with Crippen molar-refractivity contribution in [3.05, 3.63) is 58.0 Å². The number of carbonyl (C=O) groups excluding carboxylic acids is 1. The van der Waals surface area contributed by atoms with Crippen molar-refractivity contribution in [2.75, 3.05) is 26.3 Å². The lowest BCUT2D eigenvalue weighted by atomic mass is 10.2. The van der Waals surface area contributed by atoms with Gasteiger partial charge in [-0.2, -0.15) is 0 Å². The molecule has 1 saturated heterocycles. The van der Waals surface area contributed by atoms with E-state index >= 15 is 0 Å². The fraction of sp³-hybridized carbons (Fsp3) is 0.353. The number of morpholine rings is 1. The molecule has 132 valence electrons. The summed E-state index contributed by atoms with van der Waals surface area (Å²) >= 11 is 0. The number of H-pyrrole nitrogens is 1. The number of carbonyl (C=O) groups is 1. The minimum Gasteiger partial charge on any atom is -0.481 e. The second kappa shape index (κ2) is 7.43. The van der Waals surface area contributed by atoms with Crippen LogP contribution in [0.1, 0.15) is 17.6 Å². The minimum absolute atomic E-state index is 0.0348. The smallest absolute Gasteiger partial charge is 0.260 e. The van der Waals surface area contributed by atoms with Crippen LogP contribution >= 0.6 is 0 Å². The van der Waals surface area contributed by atoms with E-state index in [4.69, 9.17) is 9.47 Å². The van der Waals surface area contributed by atoms with Crippen molar-refractivity contribution in [2.45, 2.75) is 13.0 Å². The van der Waals surface area contributed by atoms with Gasteiger partial charge in [0.1, 0.15) is 11.9 Å². The molecule has 7 nitrogen and oxygen atoms in total. The second-order valence-corrected chi connectivity index (χ2v) is 5.67. The fourth-order valence-corrected chi connectivity index (χ4v) is 2.61. The van der Waals surface area contributed by atoms with Crippen molar-refractivity contribution in [3.63, 3.8) is 0 Å². The number of nitrogens with zero attached hydrogens (tertiary/aromatic N) is 2. The van der Waals surface area contributed by atoms with Gasteiger partial charge >= 0.3 is 0 Å². The highest BCUT2D eigenvalue weighted by Crippen LogP contribution is 2.20. The van der Waals surface area contributed by atoms with Crippen molar-refractivity contribution < 1.29 is 18.7 Å². The predicted molar refractivity (Wildman–Crippen MR) is 86.8 cm³/mol. The predicted octanol–water partition coefficient (Wildman–Crippen LogP) is 1.20. The first-order valence-corrected chi connectivity index (χ1v) is 7.87. The van der Waals surface area contributed by atoms with E-state index in [1.54, 1.807) is 24.0 Å². The van der Waals surface area contributed by atoms with E-state index < -0.39 is 11.9 Å². The maximum Gasteiger partial charge on any atom is 0.260 e. The Morgan fingerprint density at radius 1 is 1.48 bits per heavy atom. The van der Waals surface area contributed by atoms with Crippen LogP contribution in [-0.2, 0) is 9.53 Å². The van der Waals surface area contributed by atoms with Crippen LogP contribution in [0.2, 0.25) is 0 Å². The summed E-state index contributed by atoms with van der Waals surface area (Å²) in [5, 5.41) is 0. The van der Waals surface area contributed by atoms with Crippen molar-refractivity contribution in [1.82, 2.24) is 14.9 Å². The third-order valence-corrected chi connectivity index (χ3v) is 3.82. The molecule has 0 aliphatic carbocycles. The third-order valence-electron chi connectivity index (χ3n) is 3.82. The van der Waals surface area contributed by atoms with Crippen LogP contribution in [0.5, 0.6) is 5.75 Å². The molecule has 1 atom stereocenters. The zero-order chi connectivity index (χ0) is 17.8. The SMILES string of the molecule is Cc1nc([C@@H]2CN(C(=O)COc3ccccc3F)CCO2)cc(=O)[nH]1. The van der Waals surface area contributed by atoms with Crippen molar-refractivity contribution >= 4 is 5.91 Å². The largest absolute Gasteiger partial charge is 0.481 e. The van der Waals surface area contributed by atoms with E-state index in [0.717, 1.165) is 0 Å². The van der Waals surface area contributed by atoms with Crippen LogP contribution in [0.3, 0.4) is 0 Å². The number of aromatic amines is 1. The molecule has 0 bridgehead atoms. The maximum absolute atomic E-state index is 13.5. The van der Waals surface area contributed by atoms with Crippen LogP contribution in [0.15, 0.2) is 35.1 Å². The molecule has 0 unspecified atom stereocenters. The lowest BCUT2D eigenvalue weighted by molar-refractivity contribution is -0.141. The Labute approximate surface area is 143 Å². The van der Waals surface area contributed by atoms with Crippen LogP contribution < -0.4 is 10.3 Å². The Morgan fingerprint density at radius 3 is 3.04 bits per heavy atom. The molecule has 1 amide bonds. The van der Waals surface area contributed by atoms with Gasteiger partial charge in [-0.1, -0.05) is 12.1 Å². The fourth-order valence-electron chi connectivity index (χ4n) is 2.61. The van der Waals surface area contributed by atoms with Crippen molar-refractivity contribution in [2.24, 2.45) is 0 Å². The third kappa shape index (κ3) is 4.21. The Balaban J connectivity index is 1.63. The summed E-state index contributed by atoms with van der Waals surface area (Å²) < 4.78 is 24.4. The second-order valence-electron chi connectivity index (χ2n) is 5.67. The van der Waals surface area contributed by atoms with E-state index in [9.17, 15) is 14.0 Å². The molecule has 1 aliphatic rings. The van der Waals surface area contributed by atoms with Crippen LogP contribution in [0.25, 0.3) is 0 Å². The van der Waals surface area contributed by atoms with Gasteiger partial charge in [0.25, 0.3) is 11.5 Å². The quantitative estimate of drug-likeness (QED) is 0.898. The van der Waals surface area contributed by atoms with Gasteiger partial charge in [-0.25, -0.2) is 9.37 Å². The van der Waals surface area contributed by atoms with Gasteiger partial charge in [-0.15, -0.1) is 0 Å². The molecule has 1 aromatic carbocycles. The molecular formula is C17H18FN3O4. The Morgan fingerprint density at radius 2 is 2.28 bits per heavy atom. The highest BCUT2D eigenvalue weighted by Gasteiger charge is 2.27. The number of hydrogen-bond acceptors (Lipinski definition) is 5. The zero-order valence-electron chi connectivity index (χ0n) is 13.7. The first-order chi connectivity index (χ1) is 12.0. The summed E-state index contributed by atoms with van der Waals surface area (Å²) in [6.45, 7) is 2.39. The monoisotopic (exact) mass is 347 g/mol. The number of aromatic nitrogens is 2. The molecule has 2 heterocycles. The molecule has 0 saturated carbocycles. The topological polar surface area (TPSA) is 84.5 Å². The summed E-state index contributed by atoms with van der Waals surface area (Å²) in [5.41, 5.74) is 0.214. The number of halogens is 1. The first-order valence-electron chi connectivity index (χ1n) is 7.87. The number of hydrogen-bond donors (Lipinski definition) is 1. The Bertz CT molecular complexity index is 824. The van der Waals surface area contributed by atoms with Crippen LogP contribution in [-0.4, -0.2) is 47.1 Å². The molecule has 3 rings (SSSR count). The molecule has 8 heteroatoms. The van der Waals surface area contributed by atoms with Gasteiger partial charge in [0, 0.05) is 12.6 Å². The molecule has 0 spiro atoms. The van der Waals surface area contributed by atoms with E-state index in [1.807, 2.05) is 0 Å². The number of aryl methyl sites for hydroxylation is 1. The maximum atomic E-state index is 13.5. The van der Waals surface area contributed by atoms with Gasteiger partial charge in [0.15, 0.2) is 18.2 Å². The molecule has 1 fully saturated rings. The summed E-state index contributed by atoms with van der Waals surface area (Å²) in [7, 11) is 0. The number of nitrogens with one attached hydrogen (secondary N) is 1. The lowest BCUT2D eigenvalue weighted by Crippen LogP contribution is -2.44. The average Bonchev–Trinajstić information content (AvgIpc) is 2.60. The lowest BCUT2D eigenvalue weighted by Gasteiger charge is -2.32. The van der Waals surface area contributed by atoms with Gasteiger partial charge in [-0.3, -0.25) is 9.59 Å². The molecule has 2 aromatic rings. The first kappa shape index (κ1) is 17.1. The van der Waals surface area contributed by atoms with E-state index in [2.05, 4.69) is 9.97 Å². The summed E-state index contributed by atoms with van der Waals surface area (Å²) in [6.07, 6.45) is -0.479. The molecule has 1 aromatic heterocycles. The molecule has 1 N–H and O–H groups in total. The Hall–Kier alpha value is -2.74. The molecular weight excluding hydrogens is 329 g/mol. The van der Waals surface area contributed by atoms with Gasteiger partial charge < -0.3 is 19.4 Å². The number of rotatable bonds is 4. The van der Waals surface area contributed by atoms with Crippen LogP contribution in [0.4, 0.5) is 4.39 Å². The number of para-hydroxylation sites is 1. The number of amides is 1. The standard InChI is InChI=1S/C17H18FN3O4/c1-11-19-13(8-16(22)20-11)15-9-21(6-7-24-15)17(23)10-25-14-5-3-2-4-12(14)18/h2-5,8,15H,6-7,9-10H2,1H3,(H,19,20,22)/t15-/m0/s1. The highest BCUT2D eigenvalue weighted by molar-refractivity contribution is 5.78. The van der Waals surface area contributed by atoms with Crippen molar-refractivity contribution in [3.8, 4) is 5.75 Å².